The van der Waals surface area contributed by atoms with Crippen molar-refractivity contribution >= 4 is 0 Å². The highest BCUT2D eigenvalue weighted by Crippen LogP contribution is 2.40. The quantitative estimate of drug-likeness (QED) is 0.796. The molecule has 2 rings (SSSR count). The first-order valence-electron chi connectivity index (χ1n) is 8.09. The molecule has 0 aliphatic heterocycles. The van der Waals surface area contributed by atoms with E-state index < -0.39 is 0 Å². The van der Waals surface area contributed by atoms with E-state index in [4.69, 9.17) is 0 Å². The van der Waals surface area contributed by atoms with Gasteiger partial charge in [0.2, 0.25) is 0 Å². The van der Waals surface area contributed by atoms with Crippen molar-refractivity contribution in [3.05, 3.63) is 33.4 Å². The highest BCUT2D eigenvalue weighted by Gasteiger charge is 2.28. The third-order valence-electron chi connectivity index (χ3n) is 5.86. The molecular weight excluding hydrogens is 244 g/mol. The Kier molecular flexibility index (Phi) is 4.59. The Bertz CT molecular complexity index is 464. The van der Waals surface area contributed by atoms with Crippen LogP contribution in [0.15, 0.2) is 0 Å². The summed E-state index contributed by atoms with van der Waals surface area (Å²) in [5.74, 6) is 1.28. The zero-order valence-electron chi connectivity index (χ0n) is 14.0. The van der Waals surface area contributed by atoms with Gasteiger partial charge < -0.3 is 5.11 Å². The maximum Gasteiger partial charge on any atom is 0.0823 e. The third kappa shape index (κ3) is 2.65. The van der Waals surface area contributed by atoms with E-state index >= 15 is 0 Å². The first-order chi connectivity index (χ1) is 9.34. The van der Waals surface area contributed by atoms with Crippen LogP contribution in [0.25, 0.3) is 0 Å². The molecule has 0 bridgehead atoms. The van der Waals surface area contributed by atoms with Gasteiger partial charge >= 0.3 is 0 Å². The molecular formula is C19H30O. The van der Waals surface area contributed by atoms with Gasteiger partial charge in [-0.15, -0.1) is 0 Å². The predicted octanol–water partition coefficient (Wildman–Crippen LogP) is 5.09. The van der Waals surface area contributed by atoms with Crippen LogP contribution in [0.2, 0.25) is 0 Å². The number of aliphatic hydroxyl groups excluding tert-OH is 1. The minimum absolute atomic E-state index is 0.277. The van der Waals surface area contributed by atoms with Gasteiger partial charge in [0.05, 0.1) is 6.10 Å². The van der Waals surface area contributed by atoms with Crippen LogP contribution in [0.1, 0.15) is 72.1 Å². The van der Waals surface area contributed by atoms with Crippen molar-refractivity contribution in [2.45, 2.75) is 73.3 Å². The first kappa shape index (κ1) is 15.6. The monoisotopic (exact) mass is 274 g/mol. The molecule has 1 heteroatoms. The fourth-order valence-corrected chi connectivity index (χ4v) is 3.81. The molecule has 1 aromatic carbocycles. The summed E-state index contributed by atoms with van der Waals surface area (Å²) >= 11 is 0. The van der Waals surface area contributed by atoms with Crippen LogP contribution < -0.4 is 0 Å². The molecule has 1 aromatic rings. The van der Waals surface area contributed by atoms with Crippen LogP contribution in [0.4, 0.5) is 0 Å². The number of benzene rings is 1. The Morgan fingerprint density at radius 3 is 1.60 bits per heavy atom. The molecule has 1 fully saturated rings. The van der Waals surface area contributed by atoms with Crippen LogP contribution in [0, 0.1) is 46.5 Å². The molecule has 0 aromatic heterocycles. The van der Waals surface area contributed by atoms with E-state index in [0.29, 0.717) is 5.92 Å². The van der Waals surface area contributed by atoms with Gasteiger partial charge in [0, 0.05) is 0 Å². The van der Waals surface area contributed by atoms with E-state index in [0.717, 1.165) is 5.92 Å². The van der Waals surface area contributed by atoms with Crippen LogP contribution >= 0.6 is 0 Å². The maximum atomic E-state index is 10.9. The summed E-state index contributed by atoms with van der Waals surface area (Å²) in [5.41, 5.74) is 7.91. The van der Waals surface area contributed by atoms with E-state index in [-0.39, 0.29) is 6.10 Å². The molecule has 0 saturated heterocycles. The second-order valence-electron chi connectivity index (χ2n) is 7.00. The smallest absolute Gasteiger partial charge is 0.0823 e. The van der Waals surface area contributed by atoms with Crippen LogP contribution in [0.3, 0.4) is 0 Å². The van der Waals surface area contributed by atoms with Crippen molar-refractivity contribution in [2.24, 2.45) is 11.8 Å². The summed E-state index contributed by atoms with van der Waals surface area (Å²) in [7, 11) is 0. The SMILES string of the molecule is Cc1c(C)c(C)c(C(O)C2CCC(C)CC2)c(C)c1C. The van der Waals surface area contributed by atoms with E-state index in [9.17, 15) is 5.11 Å². The molecule has 0 radical (unpaired) electrons. The van der Waals surface area contributed by atoms with Gasteiger partial charge in [-0.25, -0.2) is 0 Å². The summed E-state index contributed by atoms with van der Waals surface area (Å²) in [5, 5.41) is 10.9. The minimum Gasteiger partial charge on any atom is -0.388 e. The van der Waals surface area contributed by atoms with Crippen molar-refractivity contribution < 1.29 is 5.11 Å². The number of hydrogen-bond donors (Lipinski definition) is 1. The Balaban J connectivity index is 2.37. The van der Waals surface area contributed by atoms with Crippen molar-refractivity contribution in [1.82, 2.24) is 0 Å². The standard InChI is InChI=1S/C19H30O/c1-11-7-9-17(10-8-11)19(20)18-15(5)13(3)12(2)14(4)16(18)6/h11,17,19-20H,7-10H2,1-6H3. The first-order valence-corrected chi connectivity index (χ1v) is 8.09. The molecule has 1 unspecified atom stereocenters. The lowest BCUT2D eigenvalue weighted by atomic mass is 9.76. The van der Waals surface area contributed by atoms with Gasteiger partial charge in [-0.1, -0.05) is 19.8 Å². The number of rotatable bonds is 2. The Morgan fingerprint density at radius 2 is 1.15 bits per heavy atom. The fourth-order valence-electron chi connectivity index (χ4n) is 3.81. The van der Waals surface area contributed by atoms with Crippen LogP contribution in [-0.2, 0) is 0 Å². The largest absolute Gasteiger partial charge is 0.388 e. The van der Waals surface area contributed by atoms with E-state index in [1.54, 1.807) is 0 Å². The Morgan fingerprint density at radius 1 is 0.750 bits per heavy atom. The molecule has 1 saturated carbocycles. The molecule has 1 atom stereocenters. The average Bonchev–Trinajstić information content (AvgIpc) is 2.44. The van der Waals surface area contributed by atoms with Gasteiger partial charge in [0.15, 0.2) is 0 Å². The minimum atomic E-state index is -0.277. The van der Waals surface area contributed by atoms with E-state index in [2.05, 4.69) is 41.5 Å². The maximum absolute atomic E-state index is 10.9. The third-order valence-corrected chi connectivity index (χ3v) is 5.86. The average molecular weight is 274 g/mol. The van der Waals surface area contributed by atoms with Gasteiger partial charge in [-0.05, 0) is 92.7 Å². The summed E-state index contributed by atoms with van der Waals surface area (Å²) in [4.78, 5) is 0. The lowest BCUT2D eigenvalue weighted by Gasteiger charge is -2.32. The van der Waals surface area contributed by atoms with Crippen molar-refractivity contribution in [2.75, 3.05) is 0 Å². The van der Waals surface area contributed by atoms with Crippen molar-refractivity contribution in [3.63, 3.8) is 0 Å². The second kappa shape index (κ2) is 5.89. The molecule has 112 valence electrons. The molecule has 0 spiro atoms. The summed E-state index contributed by atoms with van der Waals surface area (Å²) in [6, 6.07) is 0. The molecule has 1 N–H and O–H groups in total. The topological polar surface area (TPSA) is 20.2 Å². The van der Waals surface area contributed by atoms with E-state index in [1.807, 2.05) is 0 Å². The summed E-state index contributed by atoms with van der Waals surface area (Å²) < 4.78 is 0. The number of aliphatic hydroxyl groups is 1. The lowest BCUT2D eigenvalue weighted by Crippen LogP contribution is -2.21. The van der Waals surface area contributed by atoms with Crippen molar-refractivity contribution in [1.29, 1.82) is 0 Å². The predicted molar refractivity (Wildman–Crippen MR) is 86.2 cm³/mol. The normalized spacial score (nSPS) is 24.8. The molecule has 1 nitrogen and oxygen atoms in total. The zero-order chi connectivity index (χ0) is 15.0. The molecule has 1 aliphatic carbocycles. The fraction of sp³-hybridized carbons (Fsp3) is 0.684. The molecule has 20 heavy (non-hydrogen) atoms. The highest BCUT2D eigenvalue weighted by molar-refractivity contribution is 5.50. The van der Waals surface area contributed by atoms with E-state index in [1.165, 1.54) is 59.1 Å². The zero-order valence-corrected chi connectivity index (χ0v) is 14.0. The van der Waals surface area contributed by atoms with Gasteiger partial charge in [0.25, 0.3) is 0 Å². The van der Waals surface area contributed by atoms with Gasteiger partial charge in [0.1, 0.15) is 0 Å². The molecule has 0 heterocycles. The number of hydrogen-bond acceptors (Lipinski definition) is 1. The summed E-state index contributed by atoms with van der Waals surface area (Å²) in [6.07, 6.45) is 4.61. The summed E-state index contributed by atoms with van der Waals surface area (Å²) in [6.45, 7) is 13.3. The molecule has 0 amide bonds. The highest BCUT2D eigenvalue weighted by atomic mass is 16.3. The van der Waals surface area contributed by atoms with Crippen LogP contribution in [0.5, 0.6) is 0 Å². The van der Waals surface area contributed by atoms with Gasteiger partial charge in [-0.2, -0.15) is 0 Å². The molecule has 1 aliphatic rings. The van der Waals surface area contributed by atoms with Crippen molar-refractivity contribution in [3.8, 4) is 0 Å². The Labute approximate surface area is 124 Å². The lowest BCUT2D eigenvalue weighted by molar-refractivity contribution is 0.0744. The Hall–Kier alpha value is -0.820. The van der Waals surface area contributed by atoms with Gasteiger partial charge in [-0.3, -0.25) is 0 Å². The second-order valence-corrected chi connectivity index (χ2v) is 7.00. The van der Waals surface area contributed by atoms with Crippen LogP contribution in [-0.4, -0.2) is 5.11 Å².